The van der Waals surface area contributed by atoms with Crippen molar-refractivity contribution in [2.75, 3.05) is 0 Å². The van der Waals surface area contributed by atoms with Crippen molar-refractivity contribution >= 4 is 28.5 Å². The zero-order valence-electron chi connectivity index (χ0n) is 11.3. The van der Waals surface area contributed by atoms with Crippen molar-refractivity contribution in [2.45, 2.75) is 32.6 Å². The summed E-state index contributed by atoms with van der Waals surface area (Å²) in [5.74, 6) is 1.14. The second kappa shape index (κ2) is 5.25. The number of amides is 1. The summed E-state index contributed by atoms with van der Waals surface area (Å²) >= 11 is 1.58. The first kappa shape index (κ1) is 13.1. The molecule has 3 rings (SSSR count). The molecule has 0 unspecified atom stereocenters. The molecule has 0 bridgehead atoms. The van der Waals surface area contributed by atoms with Gasteiger partial charge in [-0.05, 0) is 50.3 Å². The highest BCUT2D eigenvalue weighted by molar-refractivity contribution is 7.16. The van der Waals surface area contributed by atoms with Crippen LogP contribution in [0.1, 0.15) is 45.2 Å². The lowest BCUT2D eigenvalue weighted by Crippen LogP contribution is -2.14. The van der Waals surface area contributed by atoms with Crippen LogP contribution in [0.5, 0.6) is 0 Å². The predicted octanol–water partition coefficient (Wildman–Crippen LogP) is 3.38. The first-order valence-electron chi connectivity index (χ1n) is 6.70. The van der Waals surface area contributed by atoms with Gasteiger partial charge in [-0.1, -0.05) is 0 Å². The first-order chi connectivity index (χ1) is 9.65. The van der Waals surface area contributed by atoms with E-state index in [2.05, 4.69) is 4.99 Å². The Morgan fingerprint density at radius 2 is 2.20 bits per heavy atom. The Morgan fingerprint density at radius 1 is 1.40 bits per heavy atom. The van der Waals surface area contributed by atoms with Crippen molar-refractivity contribution in [1.29, 1.82) is 0 Å². The van der Waals surface area contributed by atoms with Crippen LogP contribution < -0.4 is 5.73 Å². The van der Waals surface area contributed by atoms with Gasteiger partial charge in [-0.25, -0.2) is 4.99 Å². The Balaban J connectivity index is 1.98. The van der Waals surface area contributed by atoms with Crippen LogP contribution in [0.3, 0.4) is 0 Å². The fourth-order valence-electron chi connectivity index (χ4n) is 2.54. The Morgan fingerprint density at radius 3 is 2.90 bits per heavy atom. The zero-order valence-corrected chi connectivity index (χ0v) is 12.1. The maximum Gasteiger partial charge on any atom is 0.252 e. The van der Waals surface area contributed by atoms with E-state index >= 15 is 0 Å². The third-order valence-electron chi connectivity index (χ3n) is 3.47. The molecule has 2 aromatic rings. The van der Waals surface area contributed by atoms with Gasteiger partial charge < -0.3 is 10.2 Å². The van der Waals surface area contributed by atoms with E-state index in [1.54, 1.807) is 17.6 Å². The van der Waals surface area contributed by atoms with Crippen LogP contribution in [-0.2, 0) is 12.8 Å². The minimum atomic E-state index is -0.382. The predicted molar refractivity (Wildman–Crippen MR) is 80.2 cm³/mol. The normalized spacial score (nSPS) is 14.7. The van der Waals surface area contributed by atoms with E-state index in [4.69, 9.17) is 10.2 Å². The van der Waals surface area contributed by atoms with E-state index in [9.17, 15) is 4.79 Å². The number of nitrogens with zero attached hydrogens (tertiary/aromatic N) is 1. The summed E-state index contributed by atoms with van der Waals surface area (Å²) in [5, 5.41) is 0.707. The number of carbonyl (C=O) groups is 1. The molecule has 1 amide bonds. The molecule has 4 nitrogen and oxygen atoms in total. The van der Waals surface area contributed by atoms with Gasteiger partial charge in [0.05, 0.1) is 11.8 Å². The van der Waals surface area contributed by atoms with Crippen LogP contribution >= 0.6 is 11.3 Å². The summed E-state index contributed by atoms with van der Waals surface area (Å²) in [6.45, 7) is 1.88. The molecule has 0 aromatic carbocycles. The highest BCUT2D eigenvalue weighted by Gasteiger charge is 2.23. The van der Waals surface area contributed by atoms with Crippen LogP contribution in [0.4, 0.5) is 5.00 Å². The van der Waals surface area contributed by atoms with Gasteiger partial charge in [0.15, 0.2) is 0 Å². The largest absolute Gasteiger partial charge is 0.460 e. The lowest BCUT2D eigenvalue weighted by Gasteiger charge is -2.10. The first-order valence-corrected chi connectivity index (χ1v) is 7.51. The number of thiophene rings is 1. The zero-order chi connectivity index (χ0) is 14.1. The molecule has 104 valence electrons. The molecule has 0 radical (unpaired) electrons. The lowest BCUT2D eigenvalue weighted by atomic mass is 9.95. The summed E-state index contributed by atoms with van der Waals surface area (Å²) < 4.78 is 5.45. The molecular formula is C15H16N2O2S. The molecule has 5 heteroatoms. The van der Waals surface area contributed by atoms with Gasteiger partial charge >= 0.3 is 0 Å². The van der Waals surface area contributed by atoms with E-state index in [0.29, 0.717) is 16.3 Å². The molecule has 1 aliphatic rings. The average molecular weight is 288 g/mol. The smallest absolute Gasteiger partial charge is 0.252 e. The second-order valence-corrected chi connectivity index (χ2v) is 6.05. The average Bonchev–Trinajstić information content (AvgIpc) is 2.99. The van der Waals surface area contributed by atoms with Crippen LogP contribution in [0.2, 0.25) is 0 Å². The number of hydrogen-bond acceptors (Lipinski definition) is 4. The molecule has 0 spiro atoms. The van der Waals surface area contributed by atoms with Crippen molar-refractivity contribution in [3.05, 3.63) is 39.7 Å². The fourth-order valence-corrected chi connectivity index (χ4v) is 3.78. The molecule has 0 fully saturated rings. The van der Waals surface area contributed by atoms with Gasteiger partial charge in [-0.2, -0.15) is 0 Å². The highest BCUT2D eigenvalue weighted by Crippen LogP contribution is 2.39. The summed E-state index contributed by atoms with van der Waals surface area (Å²) in [6.07, 6.45) is 5.89. The van der Waals surface area contributed by atoms with Gasteiger partial charge in [-0.15, -0.1) is 11.3 Å². The summed E-state index contributed by atoms with van der Waals surface area (Å²) in [6, 6.07) is 3.74. The Bertz CT molecular complexity index is 682. The van der Waals surface area contributed by atoms with E-state index in [1.165, 1.54) is 11.3 Å². The van der Waals surface area contributed by atoms with Crippen molar-refractivity contribution in [2.24, 2.45) is 10.7 Å². The number of furan rings is 1. The number of primary amides is 1. The van der Waals surface area contributed by atoms with E-state index in [-0.39, 0.29) is 5.91 Å². The SMILES string of the molecule is Cc1ccc(C=Nc2sc3c(c2C(N)=O)CCCC3)o1. The number of aryl methyl sites for hydroxylation is 2. The number of fused-ring (bicyclic) bond motifs is 1. The van der Waals surface area contributed by atoms with Crippen molar-refractivity contribution in [3.63, 3.8) is 0 Å². The minimum Gasteiger partial charge on any atom is -0.460 e. The number of nitrogens with two attached hydrogens (primary N) is 1. The van der Waals surface area contributed by atoms with Gasteiger partial charge in [0.1, 0.15) is 16.5 Å². The molecular weight excluding hydrogens is 272 g/mol. The third-order valence-corrected chi connectivity index (χ3v) is 4.67. The third kappa shape index (κ3) is 2.41. The monoisotopic (exact) mass is 288 g/mol. The summed E-state index contributed by atoms with van der Waals surface area (Å²) in [4.78, 5) is 17.4. The summed E-state index contributed by atoms with van der Waals surface area (Å²) in [5.41, 5.74) is 7.24. The fraction of sp³-hybridized carbons (Fsp3) is 0.333. The lowest BCUT2D eigenvalue weighted by molar-refractivity contribution is 0.100. The molecule has 0 saturated heterocycles. The Labute approximate surface area is 121 Å². The van der Waals surface area contributed by atoms with Crippen molar-refractivity contribution in [3.8, 4) is 0 Å². The second-order valence-electron chi connectivity index (χ2n) is 4.96. The maximum absolute atomic E-state index is 11.7. The molecule has 0 aliphatic heterocycles. The van der Waals surface area contributed by atoms with Gasteiger partial charge in [-0.3, -0.25) is 4.79 Å². The molecule has 0 saturated carbocycles. The van der Waals surface area contributed by atoms with E-state index in [1.807, 2.05) is 19.1 Å². The van der Waals surface area contributed by atoms with Gasteiger partial charge in [0, 0.05) is 4.88 Å². The molecule has 1 aliphatic carbocycles. The Kier molecular flexibility index (Phi) is 3.44. The number of rotatable bonds is 3. The molecule has 2 aromatic heterocycles. The van der Waals surface area contributed by atoms with Crippen molar-refractivity contribution in [1.82, 2.24) is 0 Å². The highest BCUT2D eigenvalue weighted by atomic mass is 32.1. The minimum absolute atomic E-state index is 0.382. The molecule has 2 heterocycles. The topological polar surface area (TPSA) is 68.6 Å². The number of hydrogen-bond donors (Lipinski definition) is 1. The molecule has 20 heavy (non-hydrogen) atoms. The number of aliphatic imine (C=N–C) groups is 1. The van der Waals surface area contributed by atoms with E-state index < -0.39 is 0 Å². The summed E-state index contributed by atoms with van der Waals surface area (Å²) in [7, 11) is 0. The van der Waals surface area contributed by atoms with Crippen LogP contribution in [0.15, 0.2) is 21.5 Å². The van der Waals surface area contributed by atoms with Crippen molar-refractivity contribution < 1.29 is 9.21 Å². The maximum atomic E-state index is 11.7. The standard InChI is InChI=1S/C15H16N2O2S/c1-9-6-7-10(19-9)8-17-15-13(14(16)18)11-4-2-3-5-12(11)20-15/h6-8H,2-5H2,1H3,(H2,16,18). The van der Waals surface area contributed by atoms with Crippen LogP contribution in [0, 0.1) is 6.92 Å². The van der Waals surface area contributed by atoms with Crippen LogP contribution in [0.25, 0.3) is 0 Å². The van der Waals surface area contributed by atoms with Gasteiger partial charge in [0.2, 0.25) is 0 Å². The Hall–Kier alpha value is -1.88. The quantitative estimate of drug-likeness (QED) is 0.880. The molecule has 2 N–H and O–H groups in total. The number of carbonyl (C=O) groups excluding carboxylic acids is 1. The van der Waals surface area contributed by atoms with Gasteiger partial charge in [0.25, 0.3) is 5.91 Å². The molecule has 0 atom stereocenters. The van der Waals surface area contributed by atoms with Crippen LogP contribution in [-0.4, -0.2) is 12.1 Å². The van der Waals surface area contributed by atoms with E-state index in [0.717, 1.165) is 30.6 Å².